The Morgan fingerprint density at radius 1 is 0.487 bits per heavy atom. The summed E-state index contributed by atoms with van der Waals surface area (Å²) in [6.07, 6.45) is -1.75. The van der Waals surface area contributed by atoms with Crippen LogP contribution in [0.15, 0.2) is 152 Å². The van der Waals surface area contributed by atoms with Gasteiger partial charge in [-0.2, -0.15) is 0 Å². The topological polar surface area (TPSA) is 186 Å². The Morgan fingerprint density at radius 3 is 1.42 bits per heavy atom. The zero-order valence-corrected chi connectivity index (χ0v) is 40.5. The van der Waals surface area contributed by atoms with Crippen LogP contribution in [0.2, 0.25) is 0 Å². The fourth-order valence-corrected chi connectivity index (χ4v) is 9.39. The highest BCUT2D eigenvalue weighted by molar-refractivity contribution is 6.17. The van der Waals surface area contributed by atoms with E-state index in [1.54, 1.807) is 0 Å². The third-order valence-electron chi connectivity index (χ3n) is 13.1. The summed E-state index contributed by atoms with van der Waals surface area (Å²) in [5.74, 6) is -4.07. The minimum atomic E-state index is -1.04. The fourth-order valence-electron chi connectivity index (χ4n) is 9.39. The van der Waals surface area contributed by atoms with Crippen molar-refractivity contribution in [3.63, 3.8) is 0 Å². The first-order valence-electron chi connectivity index (χ1n) is 24.5. The van der Waals surface area contributed by atoms with Crippen LogP contribution in [0.1, 0.15) is 33.4 Å². The van der Waals surface area contributed by atoms with E-state index in [4.69, 9.17) is 28.3 Å². The number of rotatable bonds is 10. The highest BCUT2D eigenvalue weighted by Gasteiger charge is 2.31. The molecule has 20 heteroatoms. The Morgan fingerprint density at radius 2 is 0.921 bits per heavy atom. The van der Waals surface area contributed by atoms with E-state index < -0.39 is 41.2 Å². The summed E-state index contributed by atoms with van der Waals surface area (Å²) in [7, 11) is 0. The van der Waals surface area contributed by atoms with Gasteiger partial charge in [-0.25, -0.2) is 17.6 Å². The normalized spacial score (nSPS) is 17.5. The number of benzene rings is 6. The van der Waals surface area contributed by atoms with Crippen molar-refractivity contribution in [1.29, 1.82) is 0 Å². The van der Waals surface area contributed by atoms with E-state index in [0.717, 1.165) is 39.4 Å². The summed E-state index contributed by atoms with van der Waals surface area (Å²) in [5, 5.41) is 21.5. The lowest BCUT2D eigenvalue weighted by molar-refractivity contribution is -0.119. The van der Waals surface area contributed by atoms with Crippen molar-refractivity contribution in [3.05, 3.63) is 190 Å². The number of ketones is 2. The molecule has 2 atom stereocenters. The Balaban J connectivity index is 0.000000162. The minimum Gasteiger partial charge on any atom is -0.403 e. The average Bonchev–Trinajstić information content (AvgIpc) is 4.07. The van der Waals surface area contributed by atoms with Gasteiger partial charge in [-0.15, -0.1) is 10.2 Å². The predicted octanol–water partition coefficient (Wildman–Crippen LogP) is 8.50. The lowest BCUT2D eigenvalue weighted by Crippen LogP contribution is -2.36. The number of anilines is 4. The molecular weight excluding hydrogens is 985 g/mol. The number of ether oxygens (including phenoxy) is 2. The molecule has 16 nitrogen and oxygen atoms in total. The molecule has 0 radical (unpaired) electrons. The molecule has 8 aromatic rings. The van der Waals surface area contributed by atoms with E-state index in [-0.39, 0.29) is 53.8 Å². The molecule has 4 aliphatic heterocycles. The highest BCUT2D eigenvalue weighted by Crippen LogP contribution is 2.36. The highest BCUT2D eigenvalue weighted by atomic mass is 19.1. The van der Waals surface area contributed by atoms with Crippen LogP contribution in [0.5, 0.6) is 0 Å². The second kappa shape index (κ2) is 21.9. The molecule has 4 aliphatic rings. The summed E-state index contributed by atoms with van der Waals surface area (Å²) < 4.78 is 81.1. The van der Waals surface area contributed by atoms with Gasteiger partial charge >= 0.3 is 12.0 Å². The molecule has 0 spiro atoms. The predicted molar refractivity (Wildman–Crippen MR) is 275 cm³/mol. The first kappa shape index (κ1) is 49.3. The number of nitrogens with one attached hydrogen (secondary N) is 2. The number of hydrogen-bond donors (Lipinski definition) is 2. The molecule has 2 N–H and O–H groups in total. The smallest absolute Gasteiger partial charge is 0.317 e. The van der Waals surface area contributed by atoms with Crippen LogP contribution < -0.4 is 20.4 Å². The Hall–Kier alpha value is -8.88. The number of carbonyl (C=O) groups is 2. The summed E-state index contributed by atoms with van der Waals surface area (Å²) in [4.78, 5) is 39.5. The van der Waals surface area contributed by atoms with Crippen molar-refractivity contribution >= 4 is 46.4 Å². The number of nitrogens with zero attached hydrogens (tertiary/aromatic N) is 8. The fraction of sp³-hybridized carbons (Fsp3) is 0.214. The lowest BCUT2D eigenvalue weighted by atomic mass is 9.96. The molecule has 76 heavy (non-hydrogen) atoms. The van der Waals surface area contributed by atoms with E-state index >= 15 is 13.2 Å². The average molecular weight is 1030 g/mol. The molecule has 0 aliphatic carbocycles. The maximum Gasteiger partial charge on any atom is 0.317 e. The van der Waals surface area contributed by atoms with Crippen molar-refractivity contribution in [2.75, 3.05) is 73.0 Å². The van der Waals surface area contributed by atoms with Gasteiger partial charge in [0, 0.05) is 73.0 Å². The number of morpholine rings is 2. The quantitative estimate of drug-likeness (QED) is 0.124. The van der Waals surface area contributed by atoms with Crippen LogP contribution in [0.4, 0.5) is 41.0 Å². The Labute approximate surface area is 432 Å². The molecule has 6 heterocycles. The van der Waals surface area contributed by atoms with Gasteiger partial charge in [0.2, 0.25) is 0 Å². The number of carbonyl (C=O) groups excluding carboxylic acids is 2. The van der Waals surface area contributed by atoms with E-state index in [9.17, 15) is 14.0 Å². The molecule has 2 fully saturated rings. The molecule has 0 bridgehead atoms. The molecule has 2 aromatic heterocycles. The summed E-state index contributed by atoms with van der Waals surface area (Å²) in [5.41, 5.74) is 6.69. The second-order valence-electron chi connectivity index (χ2n) is 18.0. The Bertz CT molecular complexity index is 3470. The van der Waals surface area contributed by atoms with E-state index in [1.807, 2.05) is 119 Å². The van der Waals surface area contributed by atoms with E-state index in [1.165, 1.54) is 18.2 Å². The van der Waals surface area contributed by atoms with Gasteiger partial charge in [0.05, 0.1) is 49.1 Å². The molecule has 2 unspecified atom stereocenters. The minimum absolute atomic E-state index is 0.0121. The molecule has 0 amide bonds. The van der Waals surface area contributed by atoms with Crippen LogP contribution in [0.3, 0.4) is 0 Å². The van der Waals surface area contributed by atoms with Gasteiger partial charge in [-0.3, -0.25) is 19.6 Å². The Kier molecular flexibility index (Phi) is 14.2. The van der Waals surface area contributed by atoms with Gasteiger partial charge in [0.25, 0.3) is 11.8 Å². The van der Waals surface area contributed by atoms with Crippen molar-refractivity contribution in [2.24, 2.45) is 9.98 Å². The van der Waals surface area contributed by atoms with Gasteiger partial charge < -0.3 is 38.7 Å². The van der Waals surface area contributed by atoms with Crippen molar-refractivity contribution in [3.8, 4) is 22.9 Å². The molecule has 6 aromatic carbocycles. The molecule has 384 valence electrons. The largest absolute Gasteiger partial charge is 0.403 e. The zero-order chi connectivity index (χ0) is 52.1. The van der Waals surface area contributed by atoms with E-state index in [2.05, 4.69) is 31.0 Å². The number of aliphatic imine (C=N–C) groups is 2. The van der Waals surface area contributed by atoms with Crippen molar-refractivity contribution in [1.82, 2.24) is 20.4 Å². The van der Waals surface area contributed by atoms with E-state index in [0.29, 0.717) is 75.4 Å². The third kappa shape index (κ3) is 10.6. The van der Waals surface area contributed by atoms with Crippen molar-refractivity contribution in [2.45, 2.75) is 25.2 Å². The summed E-state index contributed by atoms with van der Waals surface area (Å²) >= 11 is 0. The molecule has 0 saturated carbocycles. The van der Waals surface area contributed by atoms with Crippen molar-refractivity contribution < 1.29 is 45.5 Å². The van der Waals surface area contributed by atoms with Crippen LogP contribution >= 0.6 is 0 Å². The SMILES string of the molecule is O=C1Cc2ccccc2C(c2ccccc2)=NC1Nc1nnc(-c2c(F)cc(F)cc2N2CCOCC2)o1.O=C1Cc2ccccc2C(c2ccccc2)=NC1Nc1nnc(-c2c(F)cc(N3CCOCC3)cc2F)o1. The zero-order valence-electron chi connectivity index (χ0n) is 40.5. The van der Waals surface area contributed by atoms with Crippen LogP contribution in [0, 0.1) is 23.3 Å². The number of hydrogen-bond acceptors (Lipinski definition) is 16. The monoisotopic (exact) mass is 1030 g/mol. The maximum atomic E-state index is 15.0. The van der Waals surface area contributed by atoms with Crippen LogP contribution in [-0.2, 0) is 31.9 Å². The number of fused-ring (bicyclic) bond motifs is 2. The number of Topliss-reactive ketones (excluding diaryl/α,β-unsaturated/α-hetero) is 2. The molecule has 12 rings (SSSR count). The first-order valence-corrected chi connectivity index (χ1v) is 24.5. The standard InChI is InChI=1S/2C28H23F2N5O3/c29-21-15-19(35-10-12-37-13-11-35)16-22(30)24(21)27-33-34-28(38-27)32-26-23(36)14-18-8-4-5-9-20(18)25(31-26)17-6-2-1-3-7-17;29-19-15-21(30)24(22(16-19)35-10-12-37-13-11-35)27-33-34-28(38-27)32-26-23(36)14-18-8-4-5-9-20(18)25(31-26)17-6-2-1-3-7-17/h2*1-9,15-16,26H,10-14H2,(H,32,34). The summed E-state index contributed by atoms with van der Waals surface area (Å²) in [6, 6.07) is 38.6. The third-order valence-corrected chi connectivity index (χ3v) is 13.1. The van der Waals surface area contributed by atoms with Gasteiger partial charge in [0.15, 0.2) is 23.9 Å². The summed E-state index contributed by atoms with van der Waals surface area (Å²) in [6.45, 7) is 3.85. The second-order valence-corrected chi connectivity index (χ2v) is 18.0. The van der Waals surface area contributed by atoms with Crippen LogP contribution in [0.25, 0.3) is 22.9 Å². The van der Waals surface area contributed by atoms with Gasteiger partial charge in [-0.1, -0.05) is 119 Å². The number of aromatic nitrogens is 4. The molecular formula is C56H46F4N10O6. The van der Waals surface area contributed by atoms with Gasteiger partial charge in [-0.05, 0) is 29.3 Å². The number of halogens is 4. The van der Waals surface area contributed by atoms with Gasteiger partial charge in [0.1, 0.15) is 28.8 Å². The maximum absolute atomic E-state index is 15.0. The lowest BCUT2D eigenvalue weighted by Gasteiger charge is -2.30. The molecule has 2 saturated heterocycles. The van der Waals surface area contributed by atoms with Crippen LogP contribution in [-0.4, -0.2) is 108 Å². The first-order chi connectivity index (χ1) is 37.1.